The number of nitrogens with zero attached hydrogens (tertiary/aromatic N) is 1. The summed E-state index contributed by atoms with van der Waals surface area (Å²) in [4.78, 5) is 4.69. The Balaban J connectivity index is 1.24. The SMILES string of the molecule is c1cc(-c2cccc(-c3nc4ccccc4o3)c2)cc(-c2ccc3c4ccccc4c4ccccc4c3c2)c1. The molecule has 2 nitrogen and oxygen atoms in total. The standard InChI is InChI=1S/C37H23NO/c1-2-15-31-29(13-1)30-14-3-4-16-32(30)34-23-27(19-20-33(31)34)25-10-7-9-24(21-25)26-11-8-12-28(22-26)37-38-35-17-5-6-18-36(35)39-37/h1-23H. The van der Waals surface area contributed by atoms with Gasteiger partial charge in [-0.05, 0) is 91.0 Å². The molecule has 0 atom stereocenters. The van der Waals surface area contributed by atoms with Gasteiger partial charge in [-0.1, -0.05) is 103 Å². The summed E-state index contributed by atoms with van der Waals surface area (Å²) >= 11 is 0. The first-order valence-corrected chi connectivity index (χ1v) is 13.2. The highest BCUT2D eigenvalue weighted by Crippen LogP contribution is 2.38. The van der Waals surface area contributed by atoms with E-state index < -0.39 is 0 Å². The molecule has 8 rings (SSSR count). The van der Waals surface area contributed by atoms with Gasteiger partial charge in [0.15, 0.2) is 5.58 Å². The molecule has 7 aromatic carbocycles. The van der Waals surface area contributed by atoms with Crippen LogP contribution < -0.4 is 0 Å². The quantitative estimate of drug-likeness (QED) is 0.227. The maximum atomic E-state index is 6.03. The zero-order valence-electron chi connectivity index (χ0n) is 21.1. The molecule has 1 heterocycles. The van der Waals surface area contributed by atoms with Gasteiger partial charge in [-0.2, -0.15) is 0 Å². The number of hydrogen-bond donors (Lipinski definition) is 0. The fourth-order valence-corrected chi connectivity index (χ4v) is 5.79. The predicted molar refractivity (Wildman–Crippen MR) is 163 cm³/mol. The highest BCUT2D eigenvalue weighted by molar-refractivity contribution is 6.25. The molecule has 1 aromatic heterocycles. The van der Waals surface area contributed by atoms with E-state index in [1.165, 1.54) is 43.4 Å². The Kier molecular flexibility index (Phi) is 4.86. The van der Waals surface area contributed by atoms with E-state index in [0.717, 1.165) is 27.8 Å². The second-order valence-electron chi connectivity index (χ2n) is 10.00. The van der Waals surface area contributed by atoms with Gasteiger partial charge in [0.2, 0.25) is 5.89 Å². The van der Waals surface area contributed by atoms with Gasteiger partial charge in [0.25, 0.3) is 0 Å². The van der Waals surface area contributed by atoms with Gasteiger partial charge >= 0.3 is 0 Å². The van der Waals surface area contributed by atoms with Gasteiger partial charge in [-0.25, -0.2) is 4.98 Å². The first-order chi connectivity index (χ1) is 19.3. The van der Waals surface area contributed by atoms with E-state index >= 15 is 0 Å². The first kappa shape index (κ1) is 21.8. The van der Waals surface area contributed by atoms with Crippen molar-refractivity contribution < 1.29 is 4.42 Å². The molecular weight excluding hydrogens is 474 g/mol. The molecule has 0 aliphatic carbocycles. The van der Waals surface area contributed by atoms with Crippen molar-refractivity contribution in [1.29, 1.82) is 0 Å². The highest BCUT2D eigenvalue weighted by atomic mass is 16.3. The fourth-order valence-electron chi connectivity index (χ4n) is 5.79. The lowest BCUT2D eigenvalue weighted by Gasteiger charge is -2.12. The van der Waals surface area contributed by atoms with Crippen LogP contribution in [0.3, 0.4) is 0 Å². The fraction of sp³-hybridized carbons (Fsp3) is 0. The van der Waals surface area contributed by atoms with Crippen LogP contribution in [-0.2, 0) is 0 Å². The summed E-state index contributed by atoms with van der Waals surface area (Å²) in [6.45, 7) is 0. The molecule has 2 heteroatoms. The molecule has 0 saturated carbocycles. The Morgan fingerprint density at radius 3 is 1.49 bits per heavy atom. The van der Waals surface area contributed by atoms with Crippen LogP contribution in [0.1, 0.15) is 0 Å². The van der Waals surface area contributed by atoms with Gasteiger partial charge in [-0.15, -0.1) is 0 Å². The van der Waals surface area contributed by atoms with Crippen LogP contribution in [0.25, 0.3) is 77.1 Å². The number of hydrogen-bond acceptors (Lipinski definition) is 2. The Hall–Kier alpha value is -5.21. The topological polar surface area (TPSA) is 26.0 Å². The molecule has 0 saturated heterocycles. The lowest BCUT2D eigenvalue weighted by atomic mass is 9.91. The van der Waals surface area contributed by atoms with Crippen molar-refractivity contribution in [2.45, 2.75) is 0 Å². The van der Waals surface area contributed by atoms with Crippen molar-refractivity contribution in [3.63, 3.8) is 0 Å². The number of fused-ring (bicyclic) bond motifs is 7. The molecule has 0 aliphatic heterocycles. The van der Waals surface area contributed by atoms with Gasteiger partial charge in [0.1, 0.15) is 5.52 Å². The van der Waals surface area contributed by atoms with Gasteiger partial charge in [0, 0.05) is 5.56 Å². The number of para-hydroxylation sites is 2. The molecule has 0 radical (unpaired) electrons. The molecule has 0 bridgehead atoms. The molecule has 0 amide bonds. The summed E-state index contributed by atoms with van der Waals surface area (Å²) in [5, 5.41) is 7.75. The Labute approximate surface area is 225 Å². The maximum Gasteiger partial charge on any atom is 0.227 e. The summed E-state index contributed by atoms with van der Waals surface area (Å²) in [6, 6.07) is 49.4. The third-order valence-electron chi connectivity index (χ3n) is 7.68. The third kappa shape index (κ3) is 3.61. The highest BCUT2D eigenvalue weighted by Gasteiger charge is 2.12. The summed E-state index contributed by atoms with van der Waals surface area (Å²) in [7, 11) is 0. The summed E-state index contributed by atoms with van der Waals surface area (Å²) < 4.78 is 6.03. The van der Waals surface area contributed by atoms with Crippen molar-refractivity contribution in [2.75, 3.05) is 0 Å². The van der Waals surface area contributed by atoms with E-state index in [0.29, 0.717) is 5.89 Å². The molecular formula is C37H23NO. The van der Waals surface area contributed by atoms with Crippen molar-refractivity contribution in [2.24, 2.45) is 0 Å². The average Bonchev–Trinajstić information content (AvgIpc) is 3.46. The van der Waals surface area contributed by atoms with Crippen LogP contribution in [0, 0.1) is 0 Å². The monoisotopic (exact) mass is 497 g/mol. The number of rotatable bonds is 3. The molecule has 0 N–H and O–H groups in total. The summed E-state index contributed by atoms with van der Waals surface area (Å²) in [6.07, 6.45) is 0. The number of aromatic nitrogens is 1. The van der Waals surface area contributed by atoms with E-state index in [-0.39, 0.29) is 0 Å². The van der Waals surface area contributed by atoms with Crippen LogP contribution >= 0.6 is 0 Å². The van der Waals surface area contributed by atoms with Crippen molar-refractivity contribution >= 4 is 43.4 Å². The Morgan fingerprint density at radius 1 is 0.359 bits per heavy atom. The Bertz CT molecular complexity index is 2120. The molecule has 39 heavy (non-hydrogen) atoms. The lowest BCUT2D eigenvalue weighted by molar-refractivity contribution is 0.620. The van der Waals surface area contributed by atoms with Crippen molar-refractivity contribution in [3.8, 4) is 33.7 Å². The predicted octanol–water partition coefficient (Wildman–Crippen LogP) is 10.3. The first-order valence-electron chi connectivity index (χ1n) is 13.2. The summed E-state index contributed by atoms with van der Waals surface area (Å²) in [5.41, 5.74) is 7.34. The molecule has 0 unspecified atom stereocenters. The van der Waals surface area contributed by atoms with Crippen molar-refractivity contribution in [1.82, 2.24) is 4.98 Å². The largest absolute Gasteiger partial charge is 0.436 e. The Morgan fingerprint density at radius 2 is 0.846 bits per heavy atom. The van der Waals surface area contributed by atoms with Crippen molar-refractivity contribution in [3.05, 3.63) is 140 Å². The molecule has 0 aliphatic rings. The van der Waals surface area contributed by atoms with Crippen LogP contribution in [0.2, 0.25) is 0 Å². The van der Waals surface area contributed by atoms with E-state index in [2.05, 4.69) is 115 Å². The number of oxazole rings is 1. The minimum atomic E-state index is 0.642. The zero-order chi connectivity index (χ0) is 25.8. The van der Waals surface area contributed by atoms with Gasteiger partial charge in [0.05, 0.1) is 0 Å². The van der Waals surface area contributed by atoms with E-state index in [4.69, 9.17) is 9.40 Å². The van der Waals surface area contributed by atoms with E-state index in [1.807, 2.05) is 24.3 Å². The smallest absolute Gasteiger partial charge is 0.227 e. The second-order valence-corrected chi connectivity index (χ2v) is 10.00. The van der Waals surface area contributed by atoms with Crippen LogP contribution in [0.5, 0.6) is 0 Å². The van der Waals surface area contributed by atoms with Gasteiger partial charge in [-0.3, -0.25) is 0 Å². The second kappa shape index (κ2) is 8.68. The van der Waals surface area contributed by atoms with Crippen LogP contribution in [-0.4, -0.2) is 4.98 Å². The average molecular weight is 498 g/mol. The maximum absolute atomic E-state index is 6.03. The normalized spacial score (nSPS) is 11.6. The van der Waals surface area contributed by atoms with Gasteiger partial charge < -0.3 is 4.42 Å². The molecule has 8 aromatic rings. The van der Waals surface area contributed by atoms with Crippen LogP contribution in [0.4, 0.5) is 0 Å². The van der Waals surface area contributed by atoms with E-state index in [9.17, 15) is 0 Å². The van der Waals surface area contributed by atoms with E-state index in [1.54, 1.807) is 0 Å². The minimum absolute atomic E-state index is 0.642. The zero-order valence-corrected chi connectivity index (χ0v) is 21.1. The minimum Gasteiger partial charge on any atom is -0.436 e. The third-order valence-corrected chi connectivity index (χ3v) is 7.68. The lowest BCUT2D eigenvalue weighted by Crippen LogP contribution is -1.86. The van der Waals surface area contributed by atoms with Crippen LogP contribution in [0.15, 0.2) is 144 Å². The molecule has 0 spiro atoms. The molecule has 182 valence electrons. The summed E-state index contributed by atoms with van der Waals surface area (Å²) in [5.74, 6) is 0.642. The molecule has 0 fully saturated rings. The number of benzene rings is 7.